The second-order valence-corrected chi connectivity index (χ2v) is 9.69. The first kappa shape index (κ1) is 21.6. The summed E-state index contributed by atoms with van der Waals surface area (Å²) in [4.78, 5) is 26.2. The van der Waals surface area contributed by atoms with Crippen LogP contribution < -0.4 is 5.32 Å². The molecule has 1 aromatic carbocycles. The highest BCUT2D eigenvalue weighted by atomic mass is 79.9. The van der Waals surface area contributed by atoms with Gasteiger partial charge in [0.2, 0.25) is 0 Å². The van der Waals surface area contributed by atoms with Gasteiger partial charge in [-0.1, -0.05) is 48.0 Å². The summed E-state index contributed by atoms with van der Waals surface area (Å²) in [6.07, 6.45) is 1.16. The van der Waals surface area contributed by atoms with Gasteiger partial charge in [-0.25, -0.2) is 4.79 Å². The molecule has 2 aliphatic rings. The van der Waals surface area contributed by atoms with Gasteiger partial charge in [-0.2, -0.15) is 0 Å². The van der Waals surface area contributed by atoms with E-state index in [4.69, 9.17) is 9.15 Å². The Hall–Kier alpha value is -2.60. The van der Waals surface area contributed by atoms with E-state index in [0.717, 1.165) is 22.2 Å². The molecule has 0 radical (unpaired) electrons. The van der Waals surface area contributed by atoms with Crippen molar-refractivity contribution in [1.29, 1.82) is 0 Å². The molecular formula is C25H26BrNO4. The lowest BCUT2D eigenvalue weighted by molar-refractivity contribution is -0.138. The number of ketones is 1. The molecule has 0 amide bonds. The van der Waals surface area contributed by atoms with Gasteiger partial charge >= 0.3 is 5.97 Å². The van der Waals surface area contributed by atoms with E-state index in [1.165, 1.54) is 0 Å². The molecule has 2 aromatic rings. The van der Waals surface area contributed by atoms with Gasteiger partial charge in [-0.05, 0) is 43.9 Å². The lowest BCUT2D eigenvalue weighted by Crippen LogP contribution is -2.38. The van der Waals surface area contributed by atoms with Crippen molar-refractivity contribution in [2.45, 2.75) is 46.5 Å². The highest BCUT2D eigenvalue weighted by Gasteiger charge is 2.44. The van der Waals surface area contributed by atoms with Crippen LogP contribution in [0.25, 0.3) is 11.3 Å². The SMILES string of the molecule is CCOC(=O)C1=C(C)NC2=C(C(=O)CC(C)(C)C2)[C@H]1c1ccc(-c2ccccc2Br)o1. The quantitative estimate of drug-likeness (QED) is 0.550. The van der Waals surface area contributed by atoms with Crippen LogP contribution in [0.15, 0.2) is 67.8 Å². The van der Waals surface area contributed by atoms with Crippen LogP contribution in [0, 0.1) is 5.41 Å². The van der Waals surface area contributed by atoms with Crippen LogP contribution in [-0.4, -0.2) is 18.4 Å². The smallest absolute Gasteiger partial charge is 0.336 e. The first-order valence-corrected chi connectivity index (χ1v) is 11.3. The standard InChI is InChI=1S/C25H26BrNO4/c1-5-30-24(29)21-14(2)27-17-12-25(3,4)13-18(28)22(17)23(21)20-11-10-19(31-20)15-8-6-7-9-16(15)26/h6-11,23,27H,5,12-13H2,1-4H3/t23-/m0/s1. The van der Waals surface area contributed by atoms with E-state index < -0.39 is 11.9 Å². The van der Waals surface area contributed by atoms with Crippen molar-refractivity contribution in [3.8, 4) is 11.3 Å². The van der Waals surface area contributed by atoms with Crippen LogP contribution in [0.2, 0.25) is 0 Å². The maximum atomic E-state index is 13.3. The predicted molar refractivity (Wildman–Crippen MR) is 122 cm³/mol. The van der Waals surface area contributed by atoms with E-state index in [9.17, 15) is 9.59 Å². The second kappa shape index (κ2) is 8.15. The number of ether oxygens (including phenoxy) is 1. The fourth-order valence-corrected chi connectivity index (χ4v) is 4.99. The number of Topliss-reactive ketones (excluding diaryl/α,β-unsaturated/α-hetero) is 1. The first-order valence-electron chi connectivity index (χ1n) is 10.5. The van der Waals surface area contributed by atoms with Crippen molar-refractivity contribution in [3.63, 3.8) is 0 Å². The molecule has 0 fully saturated rings. The monoisotopic (exact) mass is 483 g/mol. The van der Waals surface area contributed by atoms with Gasteiger partial charge < -0.3 is 14.5 Å². The number of dihydropyridines is 1. The van der Waals surface area contributed by atoms with Gasteiger partial charge in [0, 0.05) is 33.4 Å². The maximum absolute atomic E-state index is 13.3. The number of halogens is 1. The Kier molecular flexibility index (Phi) is 5.69. The van der Waals surface area contributed by atoms with Gasteiger partial charge in [-0.3, -0.25) is 4.79 Å². The van der Waals surface area contributed by atoms with Gasteiger partial charge in [0.25, 0.3) is 0 Å². The van der Waals surface area contributed by atoms with E-state index in [-0.39, 0.29) is 17.8 Å². The number of furan rings is 1. The lowest BCUT2D eigenvalue weighted by atomic mass is 9.69. The second-order valence-electron chi connectivity index (χ2n) is 8.83. The Morgan fingerprint density at radius 1 is 1.23 bits per heavy atom. The zero-order valence-electron chi connectivity index (χ0n) is 18.2. The molecule has 1 aromatic heterocycles. The highest BCUT2D eigenvalue weighted by Crippen LogP contribution is 2.47. The Labute approximate surface area is 190 Å². The van der Waals surface area contributed by atoms with E-state index in [1.54, 1.807) is 6.92 Å². The fraction of sp³-hybridized carbons (Fsp3) is 0.360. The van der Waals surface area contributed by atoms with Crippen LogP contribution in [0.5, 0.6) is 0 Å². The van der Waals surface area contributed by atoms with E-state index in [0.29, 0.717) is 34.8 Å². The normalized spacial score (nSPS) is 20.4. The van der Waals surface area contributed by atoms with Gasteiger partial charge in [0.1, 0.15) is 11.5 Å². The number of allylic oxidation sites excluding steroid dienone is 3. The van der Waals surface area contributed by atoms with Gasteiger partial charge in [0.05, 0.1) is 18.1 Å². The third-order valence-corrected chi connectivity index (χ3v) is 6.48. The molecule has 162 valence electrons. The van der Waals surface area contributed by atoms with E-state index >= 15 is 0 Å². The summed E-state index contributed by atoms with van der Waals surface area (Å²) in [5, 5.41) is 3.33. The fourth-order valence-electron chi connectivity index (χ4n) is 4.51. The minimum Gasteiger partial charge on any atom is -0.463 e. The van der Waals surface area contributed by atoms with Crippen LogP contribution in [0.3, 0.4) is 0 Å². The molecule has 1 atom stereocenters. The number of hydrogen-bond donors (Lipinski definition) is 1. The van der Waals surface area contributed by atoms with Crippen molar-refractivity contribution < 1.29 is 18.7 Å². The average molecular weight is 484 g/mol. The minimum atomic E-state index is -0.588. The summed E-state index contributed by atoms with van der Waals surface area (Å²) in [7, 11) is 0. The third kappa shape index (κ3) is 4.01. The summed E-state index contributed by atoms with van der Waals surface area (Å²) in [6.45, 7) is 8.06. The molecule has 1 aliphatic carbocycles. The molecule has 1 aliphatic heterocycles. The van der Waals surface area contributed by atoms with E-state index in [2.05, 4.69) is 35.1 Å². The van der Waals surface area contributed by atoms with Gasteiger partial charge in [0.15, 0.2) is 5.78 Å². The van der Waals surface area contributed by atoms with Crippen molar-refractivity contribution >= 4 is 27.7 Å². The van der Waals surface area contributed by atoms with Crippen LogP contribution in [-0.2, 0) is 14.3 Å². The van der Waals surface area contributed by atoms with Crippen LogP contribution in [0.4, 0.5) is 0 Å². The Bertz CT molecular complexity index is 1120. The molecule has 6 heteroatoms. The number of nitrogens with one attached hydrogen (secondary N) is 1. The first-order chi connectivity index (χ1) is 14.7. The third-order valence-electron chi connectivity index (χ3n) is 5.79. The maximum Gasteiger partial charge on any atom is 0.336 e. The molecule has 0 unspecified atom stereocenters. The molecule has 2 heterocycles. The number of carbonyl (C=O) groups excluding carboxylic acids is 2. The molecule has 0 spiro atoms. The summed E-state index contributed by atoms with van der Waals surface area (Å²) in [6, 6.07) is 11.5. The van der Waals surface area contributed by atoms with Gasteiger partial charge in [-0.15, -0.1) is 0 Å². The number of benzene rings is 1. The minimum absolute atomic E-state index is 0.0388. The van der Waals surface area contributed by atoms with Crippen LogP contribution in [0.1, 0.15) is 52.2 Å². The van der Waals surface area contributed by atoms with Crippen LogP contribution >= 0.6 is 15.9 Å². The summed E-state index contributed by atoms with van der Waals surface area (Å²) in [5.41, 5.74) is 3.38. The summed E-state index contributed by atoms with van der Waals surface area (Å²) in [5.74, 6) is 0.260. The largest absolute Gasteiger partial charge is 0.463 e. The van der Waals surface area contributed by atoms with Crippen molar-refractivity contribution in [2.75, 3.05) is 6.61 Å². The topological polar surface area (TPSA) is 68.5 Å². The number of carbonyl (C=O) groups is 2. The van der Waals surface area contributed by atoms with E-state index in [1.807, 2.05) is 43.3 Å². The number of hydrogen-bond acceptors (Lipinski definition) is 5. The van der Waals surface area contributed by atoms with Crippen molar-refractivity contribution in [2.24, 2.45) is 5.41 Å². The molecule has 1 N–H and O–H groups in total. The Morgan fingerprint density at radius 2 is 1.97 bits per heavy atom. The summed E-state index contributed by atoms with van der Waals surface area (Å²) < 4.78 is 12.5. The zero-order valence-corrected chi connectivity index (χ0v) is 19.8. The summed E-state index contributed by atoms with van der Waals surface area (Å²) >= 11 is 3.56. The molecular weight excluding hydrogens is 458 g/mol. The molecule has 0 bridgehead atoms. The zero-order chi connectivity index (χ0) is 22.3. The molecule has 31 heavy (non-hydrogen) atoms. The average Bonchev–Trinajstić information content (AvgIpc) is 3.16. The van der Waals surface area contributed by atoms with Crippen molar-refractivity contribution in [1.82, 2.24) is 5.32 Å². The highest BCUT2D eigenvalue weighted by molar-refractivity contribution is 9.10. The molecule has 5 nitrogen and oxygen atoms in total. The lowest BCUT2D eigenvalue weighted by Gasteiger charge is -2.38. The predicted octanol–water partition coefficient (Wildman–Crippen LogP) is 5.88. The van der Waals surface area contributed by atoms with Crippen molar-refractivity contribution in [3.05, 3.63) is 69.2 Å². The number of rotatable bonds is 4. The molecule has 0 saturated carbocycles. The Balaban J connectivity index is 1.85. The molecule has 0 saturated heterocycles. The Morgan fingerprint density at radius 3 is 2.68 bits per heavy atom. The number of esters is 1. The molecule has 4 rings (SSSR count).